The lowest BCUT2D eigenvalue weighted by Crippen LogP contribution is -2.50. The van der Waals surface area contributed by atoms with Gasteiger partial charge in [0.1, 0.15) is 24.8 Å². The summed E-state index contributed by atoms with van der Waals surface area (Å²) in [4.78, 5) is 4.99. The third kappa shape index (κ3) is 3.82. The Kier molecular flexibility index (Phi) is 5.12. The molecule has 6 heteroatoms. The summed E-state index contributed by atoms with van der Waals surface area (Å²) in [5, 5.41) is 4.65. The van der Waals surface area contributed by atoms with Gasteiger partial charge in [-0.25, -0.2) is 5.01 Å². The topological polar surface area (TPSA) is 46.5 Å². The number of morpholine rings is 1. The Balaban J connectivity index is 1.43. The Labute approximate surface area is 171 Å². The standard InChI is InChI=1S/C23H27N3O3/c1-27-19-9-5-17(6-10-19)15-29-21-4-2-3-20-22(21)23(18-7-8-18)24-16-26(20)25-11-13-28-14-12-25/h2-6,9-10,18H,7-8,11-16H2,1H3. The molecule has 29 heavy (non-hydrogen) atoms. The largest absolute Gasteiger partial charge is 0.497 e. The van der Waals surface area contributed by atoms with Gasteiger partial charge < -0.3 is 14.2 Å². The molecule has 1 aliphatic carbocycles. The quantitative estimate of drug-likeness (QED) is 0.752. The van der Waals surface area contributed by atoms with Crippen LogP contribution in [0.4, 0.5) is 5.69 Å². The first kappa shape index (κ1) is 18.5. The Morgan fingerprint density at radius 3 is 2.59 bits per heavy atom. The summed E-state index contributed by atoms with van der Waals surface area (Å²) in [7, 11) is 1.68. The van der Waals surface area contributed by atoms with E-state index in [1.807, 2.05) is 24.3 Å². The fourth-order valence-corrected chi connectivity index (χ4v) is 4.02. The van der Waals surface area contributed by atoms with Crippen LogP contribution in [-0.4, -0.2) is 50.8 Å². The predicted molar refractivity (Wildman–Crippen MR) is 113 cm³/mol. The number of ether oxygens (including phenoxy) is 3. The van der Waals surface area contributed by atoms with E-state index in [-0.39, 0.29) is 0 Å². The van der Waals surface area contributed by atoms with Crippen molar-refractivity contribution >= 4 is 11.4 Å². The molecule has 1 saturated carbocycles. The maximum Gasteiger partial charge on any atom is 0.131 e. The van der Waals surface area contributed by atoms with Crippen LogP contribution in [0.2, 0.25) is 0 Å². The summed E-state index contributed by atoms with van der Waals surface area (Å²) in [6, 6.07) is 14.4. The van der Waals surface area contributed by atoms with Crippen molar-refractivity contribution in [1.29, 1.82) is 0 Å². The number of fused-ring (bicyclic) bond motifs is 1. The van der Waals surface area contributed by atoms with Crippen molar-refractivity contribution < 1.29 is 14.2 Å². The van der Waals surface area contributed by atoms with E-state index in [0.29, 0.717) is 19.2 Å². The zero-order valence-electron chi connectivity index (χ0n) is 16.8. The number of benzene rings is 2. The van der Waals surface area contributed by atoms with Crippen molar-refractivity contribution in [2.75, 3.05) is 45.1 Å². The molecule has 2 heterocycles. The third-order valence-corrected chi connectivity index (χ3v) is 5.76. The van der Waals surface area contributed by atoms with Gasteiger partial charge in [0.05, 0.1) is 37.3 Å². The molecule has 0 spiro atoms. The molecule has 0 unspecified atom stereocenters. The molecular weight excluding hydrogens is 366 g/mol. The minimum atomic E-state index is 0.524. The maximum absolute atomic E-state index is 6.32. The number of hydrogen-bond donors (Lipinski definition) is 0. The molecule has 1 saturated heterocycles. The van der Waals surface area contributed by atoms with Gasteiger partial charge in [-0.05, 0) is 42.7 Å². The molecule has 5 rings (SSSR count). The van der Waals surface area contributed by atoms with Crippen LogP contribution in [0, 0.1) is 5.92 Å². The summed E-state index contributed by atoms with van der Waals surface area (Å²) >= 11 is 0. The molecule has 3 aliphatic rings. The minimum absolute atomic E-state index is 0.524. The number of rotatable bonds is 6. The summed E-state index contributed by atoms with van der Waals surface area (Å²) in [6.45, 7) is 4.52. The lowest BCUT2D eigenvalue weighted by molar-refractivity contribution is 0.0317. The normalized spacial score (nSPS) is 19.5. The van der Waals surface area contributed by atoms with Crippen LogP contribution >= 0.6 is 0 Å². The van der Waals surface area contributed by atoms with E-state index < -0.39 is 0 Å². The Morgan fingerprint density at radius 1 is 1.07 bits per heavy atom. The molecule has 2 aromatic rings. The highest BCUT2D eigenvalue weighted by atomic mass is 16.5. The molecule has 2 aliphatic heterocycles. The summed E-state index contributed by atoms with van der Waals surface area (Å²) in [6.07, 6.45) is 2.45. The van der Waals surface area contributed by atoms with Gasteiger partial charge in [0.2, 0.25) is 0 Å². The van der Waals surface area contributed by atoms with Gasteiger partial charge >= 0.3 is 0 Å². The van der Waals surface area contributed by atoms with Crippen molar-refractivity contribution in [2.45, 2.75) is 19.4 Å². The van der Waals surface area contributed by atoms with Crippen LogP contribution in [0.25, 0.3) is 0 Å². The summed E-state index contributed by atoms with van der Waals surface area (Å²) in [5.41, 5.74) is 4.71. The number of methoxy groups -OCH3 is 1. The van der Waals surface area contributed by atoms with Crippen molar-refractivity contribution in [1.82, 2.24) is 5.01 Å². The molecule has 0 amide bonds. The number of anilines is 1. The zero-order valence-corrected chi connectivity index (χ0v) is 16.8. The SMILES string of the molecule is COc1ccc(COc2cccc3c2C(C2CC2)=NCN3N2CCOCC2)cc1. The number of hydrazine groups is 1. The van der Waals surface area contributed by atoms with E-state index in [9.17, 15) is 0 Å². The lowest BCUT2D eigenvalue weighted by atomic mass is 10.0. The molecule has 2 fully saturated rings. The Morgan fingerprint density at radius 2 is 1.86 bits per heavy atom. The van der Waals surface area contributed by atoms with E-state index in [1.165, 1.54) is 29.8 Å². The highest BCUT2D eigenvalue weighted by molar-refractivity contribution is 6.11. The zero-order chi connectivity index (χ0) is 19.6. The van der Waals surface area contributed by atoms with Crippen molar-refractivity contribution in [2.24, 2.45) is 10.9 Å². The molecule has 152 valence electrons. The van der Waals surface area contributed by atoms with Crippen LogP contribution in [0.5, 0.6) is 11.5 Å². The summed E-state index contributed by atoms with van der Waals surface area (Å²) in [5.74, 6) is 2.35. The Bertz CT molecular complexity index is 887. The van der Waals surface area contributed by atoms with Crippen LogP contribution in [0.3, 0.4) is 0 Å². The van der Waals surface area contributed by atoms with Crippen LogP contribution in [0.15, 0.2) is 47.5 Å². The lowest BCUT2D eigenvalue weighted by Gasteiger charge is -2.41. The van der Waals surface area contributed by atoms with Crippen molar-refractivity contribution in [3.63, 3.8) is 0 Å². The van der Waals surface area contributed by atoms with E-state index in [2.05, 4.69) is 28.2 Å². The number of aliphatic imine (C=N–C) groups is 1. The van der Waals surface area contributed by atoms with E-state index in [4.69, 9.17) is 19.2 Å². The highest BCUT2D eigenvalue weighted by Gasteiger charge is 2.36. The van der Waals surface area contributed by atoms with Crippen LogP contribution in [0.1, 0.15) is 24.0 Å². The summed E-state index contributed by atoms with van der Waals surface area (Å²) < 4.78 is 17.1. The van der Waals surface area contributed by atoms with Gasteiger partial charge in [0.15, 0.2) is 0 Å². The highest BCUT2D eigenvalue weighted by Crippen LogP contribution is 2.42. The van der Waals surface area contributed by atoms with Crippen LogP contribution < -0.4 is 14.5 Å². The fourth-order valence-electron chi connectivity index (χ4n) is 4.02. The molecule has 0 N–H and O–H groups in total. The number of nitrogens with zero attached hydrogens (tertiary/aromatic N) is 3. The smallest absolute Gasteiger partial charge is 0.131 e. The predicted octanol–water partition coefficient (Wildman–Crippen LogP) is 3.50. The first-order valence-electron chi connectivity index (χ1n) is 10.4. The first-order chi connectivity index (χ1) is 14.3. The molecule has 0 radical (unpaired) electrons. The molecular formula is C23H27N3O3. The average Bonchev–Trinajstić information content (AvgIpc) is 3.63. The molecule has 0 aromatic heterocycles. The van der Waals surface area contributed by atoms with Crippen molar-refractivity contribution in [3.05, 3.63) is 53.6 Å². The van der Waals surface area contributed by atoms with Gasteiger partial charge in [0, 0.05) is 19.0 Å². The molecule has 0 atom stereocenters. The van der Waals surface area contributed by atoms with Gasteiger partial charge in [-0.3, -0.25) is 10.0 Å². The third-order valence-electron chi connectivity index (χ3n) is 5.76. The van der Waals surface area contributed by atoms with Gasteiger partial charge in [-0.2, -0.15) is 0 Å². The second kappa shape index (κ2) is 8.05. The van der Waals surface area contributed by atoms with Gasteiger partial charge in [0.25, 0.3) is 0 Å². The average molecular weight is 393 g/mol. The number of hydrogen-bond acceptors (Lipinski definition) is 6. The van der Waals surface area contributed by atoms with E-state index in [0.717, 1.165) is 43.4 Å². The minimum Gasteiger partial charge on any atom is -0.497 e. The van der Waals surface area contributed by atoms with E-state index in [1.54, 1.807) is 7.11 Å². The van der Waals surface area contributed by atoms with Crippen molar-refractivity contribution in [3.8, 4) is 11.5 Å². The molecule has 6 nitrogen and oxygen atoms in total. The second-order valence-corrected chi connectivity index (χ2v) is 7.71. The molecule has 0 bridgehead atoms. The first-order valence-corrected chi connectivity index (χ1v) is 10.4. The maximum atomic E-state index is 6.32. The second-order valence-electron chi connectivity index (χ2n) is 7.71. The van der Waals surface area contributed by atoms with Gasteiger partial charge in [-0.1, -0.05) is 18.2 Å². The molecule has 2 aromatic carbocycles. The Hall–Kier alpha value is -2.57. The van der Waals surface area contributed by atoms with E-state index >= 15 is 0 Å². The monoisotopic (exact) mass is 393 g/mol. The van der Waals surface area contributed by atoms with Gasteiger partial charge in [-0.15, -0.1) is 0 Å². The fraction of sp³-hybridized carbons (Fsp3) is 0.435. The van der Waals surface area contributed by atoms with Crippen LogP contribution in [-0.2, 0) is 11.3 Å².